The summed E-state index contributed by atoms with van der Waals surface area (Å²) in [7, 11) is 0. The second-order valence-corrected chi connectivity index (χ2v) is 12.8. The third-order valence-electron chi connectivity index (χ3n) is 10.1. The van der Waals surface area contributed by atoms with Crippen LogP contribution in [-0.2, 0) is 0 Å². The van der Waals surface area contributed by atoms with Crippen LogP contribution in [0.15, 0.2) is 186 Å². The summed E-state index contributed by atoms with van der Waals surface area (Å²) in [4.78, 5) is 0. The fraction of sp³-hybridized carbons (Fsp3) is 0. The summed E-state index contributed by atoms with van der Waals surface area (Å²) in [6.07, 6.45) is 0. The molecule has 9 aromatic carbocycles. The molecule has 0 fully saturated rings. The summed E-state index contributed by atoms with van der Waals surface area (Å²) in [6.45, 7) is 0. The van der Waals surface area contributed by atoms with E-state index in [1.807, 2.05) is 12.1 Å². The lowest BCUT2D eigenvalue weighted by Crippen LogP contribution is -1.91. The molecule has 0 unspecified atom stereocenters. The van der Waals surface area contributed by atoms with Gasteiger partial charge in [0.25, 0.3) is 0 Å². The van der Waals surface area contributed by atoms with E-state index in [4.69, 9.17) is 4.42 Å². The number of hydrogen-bond acceptors (Lipinski definition) is 1. The van der Waals surface area contributed by atoms with Crippen LogP contribution in [0, 0.1) is 0 Å². The normalized spacial score (nSPS) is 11.7. The first-order valence-electron chi connectivity index (χ1n) is 16.8. The van der Waals surface area contributed by atoms with Crippen LogP contribution in [0.2, 0.25) is 0 Å². The average Bonchev–Trinajstić information content (AvgIpc) is 3.55. The van der Waals surface area contributed by atoms with Crippen LogP contribution in [0.4, 0.5) is 0 Å². The van der Waals surface area contributed by atoms with Crippen molar-refractivity contribution in [3.8, 4) is 44.5 Å². The number of furan rings is 1. The Morgan fingerprint density at radius 1 is 0.265 bits per heavy atom. The van der Waals surface area contributed by atoms with Gasteiger partial charge in [0.15, 0.2) is 0 Å². The summed E-state index contributed by atoms with van der Waals surface area (Å²) < 4.78 is 6.34. The van der Waals surface area contributed by atoms with E-state index in [-0.39, 0.29) is 0 Å². The fourth-order valence-electron chi connectivity index (χ4n) is 7.80. The minimum absolute atomic E-state index is 0.913. The van der Waals surface area contributed by atoms with Gasteiger partial charge in [-0.2, -0.15) is 0 Å². The molecule has 1 heteroatoms. The molecule has 0 aliphatic carbocycles. The summed E-state index contributed by atoms with van der Waals surface area (Å²) in [5, 5.41) is 9.71. The maximum absolute atomic E-state index is 6.34. The van der Waals surface area contributed by atoms with E-state index in [2.05, 4.69) is 170 Å². The molecule has 49 heavy (non-hydrogen) atoms. The summed E-state index contributed by atoms with van der Waals surface area (Å²) in [5.41, 5.74) is 11.7. The van der Waals surface area contributed by atoms with Crippen LogP contribution in [0.25, 0.3) is 98.8 Å². The highest BCUT2D eigenvalue weighted by Crippen LogP contribution is 2.45. The topological polar surface area (TPSA) is 13.1 Å². The van der Waals surface area contributed by atoms with Crippen LogP contribution in [0.1, 0.15) is 0 Å². The molecule has 0 saturated carbocycles. The van der Waals surface area contributed by atoms with Crippen molar-refractivity contribution in [1.29, 1.82) is 0 Å². The Morgan fingerprint density at radius 3 is 1.37 bits per heavy atom. The maximum atomic E-state index is 6.34. The van der Waals surface area contributed by atoms with Gasteiger partial charge in [-0.3, -0.25) is 0 Å². The predicted molar refractivity (Wildman–Crippen MR) is 208 cm³/mol. The molecule has 0 saturated heterocycles. The smallest absolute Gasteiger partial charge is 0.136 e. The van der Waals surface area contributed by atoms with Gasteiger partial charge in [-0.15, -0.1) is 0 Å². The lowest BCUT2D eigenvalue weighted by atomic mass is 9.85. The zero-order chi connectivity index (χ0) is 32.3. The Balaban J connectivity index is 1.14. The Hall–Kier alpha value is -6.44. The average molecular weight is 623 g/mol. The molecule has 1 aromatic heterocycles. The highest BCUT2D eigenvalue weighted by atomic mass is 16.3. The number of para-hydroxylation sites is 1. The first-order valence-corrected chi connectivity index (χ1v) is 16.8. The highest BCUT2D eigenvalue weighted by Gasteiger charge is 2.18. The molecule has 1 nitrogen and oxygen atoms in total. The van der Waals surface area contributed by atoms with E-state index in [0.717, 1.165) is 27.5 Å². The van der Waals surface area contributed by atoms with Gasteiger partial charge in [-0.1, -0.05) is 152 Å². The molecule has 1 heterocycles. The van der Waals surface area contributed by atoms with Gasteiger partial charge < -0.3 is 4.42 Å². The standard InChI is InChI=1S/C48H30O/c1-2-12-31(13-3-1)37-14-4-5-15-38(37)34-24-22-33-29-35(25-23-32(33)28-34)47-41-17-6-8-19-43(41)48(44-20-9-7-18-42(44)47)36-26-27-40-39-16-10-11-21-45(39)49-46(40)30-36/h1-30H. The third kappa shape index (κ3) is 4.47. The molecule has 0 spiro atoms. The van der Waals surface area contributed by atoms with Crippen molar-refractivity contribution in [2.75, 3.05) is 0 Å². The number of fused-ring (bicyclic) bond motifs is 6. The quantitative estimate of drug-likeness (QED) is 0.178. The molecule has 0 radical (unpaired) electrons. The fourth-order valence-corrected chi connectivity index (χ4v) is 7.80. The van der Waals surface area contributed by atoms with Gasteiger partial charge in [0.2, 0.25) is 0 Å². The monoisotopic (exact) mass is 622 g/mol. The van der Waals surface area contributed by atoms with E-state index >= 15 is 0 Å². The number of rotatable bonds is 4. The molecule has 0 aliphatic rings. The van der Waals surface area contributed by atoms with Gasteiger partial charge >= 0.3 is 0 Å². The molecule has 0 atom stereocenters. The summed E-state index contributed by atoms with van der Waals surface area (Å²) in [5.74, 6) is 0. The van der Waals surface area contributed by atoms with Crippen molar-refractivity contribution in [3.63, 3.8) is 0 Å². The molecule has 0 aliphatic heterocycles. The minimum Gasteiger partial charge on any atom is -0.456 e. The van der Waals surface area contributed by atoms with Crippen LogP contribution in [0.5, 0.6) is 0 Å². The van der Waals surface area contributed by atoms with Crippen LogP contribution in [0.3, 0.4) is 0 Å². The molecule has 228 valence electrons. The van der Waals surface area contributed by atoms with Crippen LogP contribution < -0.4 is 0 Å². The molecule has 0 N–H and O–H groups in total. The summed E-state index contributed by atoms with van der Waals surface area (Å²) in [6, 6.07) is 65.8. The second-order valence-electron chi connectivity index (χ2n) is 12.8. The lowest BCUT2D eigenvalue weighted by Gasteiger charge is -2.18. The van der Waals surface area contributed by atoms with Gasteiger partial charge in [-0.25, -0.2) is 0 Å². The first kappa shape index (κ1) is 27.7. The molecule has 0 bridgehead atoms. The lowest BCUT2D eigenvalue weighted by molar-refractivity contribution is 0.669. The minimum atomic E-state index is 0.913. The molecular formula is C48H30O. The van der Waals surface area contributed by atoms with Crippen molar-refractivity contribution in [3.05, 3.63) is 182 Å². The van der Waals surface area contributed by atoms with Crippen molar-refractivity contribution < 1.29 is 4.42 Å². The molecule has 10 rings (SSSR count). The maximum Gasteiger partial charge on any atom is 0.136 e. The zero-order valence-electron chi connectivity index (χ0n) is 26.7. The van der Waals surface area contributed by atoms with E-state index in [9.17, 15) is 0 Å². The predicted octanol–water partition coefficient (Wildman–Crippen LogP) is 13.7. The summed E-state index contributed by atoms with van der Waals surface area (Å²) >= 11 is 0. The Bertz CT molecular complexity index is 2820. The van der Waals surface area contributed by atoms with Gasteiger partial charge in [0.1, 0.15) is 11.2 Å². The SMILES string of the molecule is c1ccc(-c2ccccc2-c2ccc3cc(-c4c5ccccc5c(-c5ccc6c(c5)oc5ccccc56)c5ccccc45)ccc3c2)cc1. The number of hydrogen-bond donors (Lipinski definition) is 0. The number of benzene rings is 9. The van der Waals surface area contributed by atoms with E-state index in [1.165, 1.54) is 71.3 Å². The van der Waals surface area contributed by atoms with E-state index in [1.54, 1.807) is 0 Å². The van der Waals surface area contributed by atoms with Crippen molar-refractivity contribution >= 4 is 54.3 Å². The second kappa shape index (κ2) is 11.1. The van der Waals surface area contributed by atoms with Gasteiger partial charge in [0.05, 0.1) is 0 Å². The van der Waals surface area contributed by atoms with Crippen LogP contribution in [-0.4, -0.2) is 0 Å². The van der Waals surface area contributed by atoms with Crippen LogP contribution >= 0.6 is 0 Å². The third-order valence-corrected chi connectivity index (χ3v) is 10.1. The Labute approximate surface area is 284 Å². The first-order chi connectivity index (χ1) is 24.3. The Kier molecular flexibility index (Phi) is 6.25. The zero-order valence-corrected chi connectivity index (χ0v) is 26.7. The van der Waals surface area contributed by atoms with Crippen molar-refractivity contribution in [2.45, 2.75) is 0 Å². The molecular weight excluding hydrogens is 593 g/mol. The highest BCUT2D eigenvalue weighted by molar-refractivity contribution is 6.22. The van der Waals surface area contributed by atoms with Crippen molar-refractivity contribution in [2.24, 2.45) is 0 Å². The molecule has 0 amide bonds. The van der Waals surface area contributed by atoms with Gasteiger partial charge in [-0.05, 0) is 107 Å². The van der Waals surface area contributed by atoms with Crippen molar-refractivity contribution in [1.82, 2.24) is 0 Å². The largest absolute Gasteiger partial charge is 0.456 e. The van der Waals surface area contributed by atoms with E-state index < -0.39 is 0 Å². The van der Waals surface area contributed by atoms with Gasteiger partial charge in [0, 0.05) is 10.8 Å². The molecule has 10 aromatic rings. The Morgan fingerprint density at radius 2 is 0.714 bits per heavy atom. The van der Waals surface area contributed by atoms with E-state index in [0.29, 0.717) is 0 Å².